The summed E-state index contributed by atoms with van der Waals surface area (Å²) in [6.07, 6.45) is 7.89. The molecule has 0 saturated heterocycles. The van der Waals surface area contributed by atoms with Crippen LogP contribution in [0.1, 0.15) is 38.5 Å². The van der Waals surface area contributed by atoms with Crippen molar-refractivity contribution >= 4 is 34.6 Å². The normalized spacial score (nSPS) is 15.7. The molecule has 1 saturated carbocycles. The molecule has 0 heterocycles. The quantitative estimate of drug-likeness (QED) is 0.601. The largest absolute Gasteiger partial charge is 0.378 e. The summed E-state index contributed by atoms with van der Waals surface area (Å²) in [5.41, 5.74) is 0.901. The molecule has 0 aliphatic heterocycles. The molecule has 0 amide bonds. The van der Waals surface area contributed by atoms with Crippen LogP contribution < -0.4 is 10.6 Å². The molecule has 0 unspecified atom stereocenters. The van der Waals surface area contributed by atoms with Gasteiger partial charge in [-0.25, -0.2) is 0 Å². The van der Waals surface area contributed by atoms with Gasteiger partial charge in [0.15, 0.2) is 5.11 Å². The van der Waals surface area contributed by atoms with Gasteiger partial charge in [0, 0.05) is 23.9 Å². The van der Waals surface area contributed by atoms with Crippen molar-refractivity contribution in [2.45, 2.75) is 44.6 Å². The second-order valence-electron chi connectivity index (χ2n) is 5.38. The summed E-state index contributed by atoms with van der Waals surface area (Å²) < 4.78 is 5.88. The molecule has 2 N–H and O–H groups in total. The molecule has 0 atom stereocenters. The second kappa shape index (κ2) is 9.23. The van der Waals surface area contributed by atoms with Gasteiger partial charge in [0.1, 0.15) is 0 Å². The van der Waals surface area contributed by atoms with E-state index < -0.39 is 0 Å². The van der Waals surface area contributed by atoms with Gasteiger partial charge >= 0.3 is 0 Å². The predicted octanol–water partition coefficient (Wildman–Crippen LogP) is 4.37. The van der Waals surface area contributed by atoms with Crippen molar-refractivity contribution in [2.75, 3.05) is 18.5 Å². The van der Waals surface area contributed by atoms with E-state index in [1.807, 2.05) is 24.3 Å². The first-order chi connectivity index (χ1) is 10.2. The molecule has 1 aromatic rings. The Bertz CT molecular complexity index is 450. The highest BCUT2D eigenvalue weighted by Crippen LogP contribution is 2.20. The van der Waals surface area contributed by atoms with Crippen molar-refractivity contribution in [2.24, 2.45) is 0 Å². The lowest BCUT2D eigenvalue weighted by Crippen LogP contribution is -2.30. The van der Waals surface area contributed by atoms with Crippen LogP contribution in [0.25, 0.3) is 0 Å². The lowest BCUT2D eigenvalue weighted by molar-refractivity contribution is 0.0277. The van der Waals surface area contributed by atoms with Crippen LogP contribution in [0.3, 0.4) is 0 Å². The highest BCUT2D eigenvalue weighted by Gasteiger charge is 2.12. The molecule has 116 valence electrons. The summed E-state index contributed by atoms with van der Waals surface area (Å²) in [7, 11) is 0. The molecule has 3 nitrogen and oxygen atoms in total. The third kappa shape index (κ3) is 6.64. The Morgan fingerprint density at radius 3 is 2.86 bits per heavy atom. The van der Waals surface area contributed by atoms with Crippen LogP contribution in [-0.4, -0.2) is 24.4 Å². The van der Waals surface area contributed by atoms with Gasteiger partial charge in [-0.05, 0) is 49.7 Å². The van der Waals surface area contributed by atoms with E-state index >= 15 is 0 Å². The molecule has 0 aromatic heterocycles. The van der Waals surface area contributed by atoms with Crippen molar-refractivity contribution in [3.8, 4) is 0 Å². The maximum absolute atomic E-state index is 5.93. The number of halogens is 1. The van der Waals surface area contributed by atoms with Crippen LogP contribution in [0.2, 0.25) is 5.02 Å². The zero-order valence-corrected chi connectivity index (χ0v) is 13.8. The van der Waals surface area contributed by atoms with Gasteiger partial charge in [-0.2, -0.15) is 0 Å². The van der Waals surface area contributed by atoms with Gasteiger partial charge in [-0.3, -0.25) is 0 Å². The highest BCUT2D eigenvalue weighted by atomic mass is 35.5. The summed E-state index contributed by atoms with van der Waals surface area (Å²) in [4.78, 5) is 0. The Balaban J connectivity index is 1.54. The average Bonchev–Trinajstić information content (AvgIpc) is 2.48. The lowest BCUT2D eigenvalue weighted by Gasteiger charge is -2.22. The molecule has 5 heteroatoms. The number of ether oxygens (including phenoxy) is 1. The van der Waals surface area contributed by atoms with Crippen LogP contribution in [0, 0.1) is 0 Å². The molecule has 1 aromatic carbocycles. The van der Waals surface area contributed by atoms with E-state index in [2.05, 4.69) is 10.6 Å². The summed E-state index contributed by atoms with van der Waals surface area (Å²) in [6, 6.07) is 7.52. The van der Waals surface area contributed by atoms with Crippen LogP contribution in [0.5, 0.6) is 0 Å². The Hall–Kier alpha value is -0.840. The van der Waals surface area contributed by atoms with Crippen molar-refractivity contribution in [3.05, 3.63) is 29.3 Å². The van der Waals surface area contributed by atoms with Gasteiger partial charge in [-0.1, -0.05) is 36.9 Å². The molecule has 0 spiro atoms. The maximum atomic E-state index is 5.93. The number of thiocarbonyl (C=S) groups is 1. The fraction of sp³-hybridized carbons (Fsp3) is 0.562. The molecule has 21 heavy (non-hydrogen) atoms. The Morgan fingerprint density at radius 2 is 2.10 bits per heavy atom. The standard InChI is InChI=1S/C16H23ClN2OS/c17-13-6-4-7-14(12-13)19-16(21)18-10-5-11-20-15-8-2-1-3-9-15/h4,6-7,12,15H,1-3,5,8-11H2,(H2,18,19,21). The predicted molar refractivity (Wildman–Crippen MR) is 93.1 cm³/mol. The van der Waals surface area contributed by atoms with E-state index in [1.165, 1.54) is 32.1 Å². The second-order valence-corrected chi connectivity index (χ2v) is 6.22. The van der Waals surface area contributed by atoms with Crippen molar-refractivity contribution < 1.29 is 4.74 Å². The minimum absolute atomic E-state index is 0.482. The van der Waals surface area contributed by atoms with Crippen LogP contribution in [0.15, 0.2) is 24.3 Å². The molecule has 1 aliphatic rings. The number of nitrogens with one attached hydrogen (secondary N) is 2. The fourth-order valence-electron chi connectivity index (χ4n) is 2.50. The van der Waals surface area contributed by atoms with Gasteiger partial charge in [0.25, 0.3) is 0 Å². The molecular formula is C16H23ClN2OS. The Morgan fingerprint density at radius 1 is 1.29 bits per heavy atom. The zero-order chi connectivity index (χ0) is 14.9. The first-order valence-corrected chi connectivity index (χ1v) is 8.45. The third-order valence-electron chi connectivity index (χ3n) is 3.59. The molecule has 0 bridgehead atoms. The highest BCUT2D eigenvalue weighted by molar-refractivity contribution is 7.80. The molecule has 1 aliphatic carbocycles. The van der Waals surface area contributed by atoms with Crippen molar-refractivity contribution in [1.29, 1.82) is 0 Å². The van der Waals surface area contributed by atoms with Gasteiger partial charge in [0.05, 0.1) is 6.10 Å². The molecule has 0 radical (unpaired) electrons. The SMILES string of the molecule is S=C(NCCCOC1CCCCC1)Nc1cccc(Cl)c1. The monoisotopic (exact) mass is 326 g/mol. The molecular weight excluding hydrogens is 304 g/mol. The van der Waals surface area contributed by atoms with E-state index in [-0.39, 0.29) is 0 Å². The zero-order valence-electron chi connectivity index (χ0n) is 12.2. The van der Waals surface area contributed by atoms with E-state index in [0.717, 1.165) is 25.3 Å². The lowest BCUT2D eigenvalue weighted by atomic mass is 9.98. The fourth-order valence-corrected chi connectivity index (χ4v) is 2.91. The third-order valence-corrected chi connectivity index (χ3v) is 4.08. The van der Waals surface area contributed by atoms with E-state index in [0.29, 0.717) is 16.2 Å². The van der Waals surface area contributed by atoms with Crippen molar-refractivity contribution in [3.63, 3.8) is 0 Å². The number of benzene rings is 1. The summed E-state index contributed by atoms with van der Waals surface area (Å²) >= 11 is 11.2. The molecule has 2 rings (SSSR count). The number of hydrogen-bond acceptors (Lipinski definition) is 2. The van der Waals surface area contributed by atoms with Gasteiger partial charge < -0.3 is 15.4 Å². The summed E-state index contributed by atoms with van der Waals surface area (Å²) in [6.45, 7) is 1.62. The molecule has 1 fully saturated rings. The number of anilines is 1. The first kappa shape index (κ1) is 16.5. The Kier molecular flexibility index (Phi) is 7.27. The van der Waals surface area contributed by atoms with E-state index in [9.17, 15) is 0 Å². The summed E-state index contributed by atoms with van der Waals surface area (Å²) in [5, 5.41) is 7.62. The minimum atomic E-state index is 0.482. The van der Waals surface area contributed by atoms with E-state index in [4.69, 9.17) is 28.6 Å². The maximum Gasteiger partial charge on any atom is 0.170 e. The van der Waals surface area contributed by atoms with Crippen LogP contribution in [0.4, 0.5) is 5.69 Å². The van der Waals surface area contributed by atoms with Gasteiger partial charge in [0.2, 0.25) is 0 Å². The number of hydrogen-bond donors (Lipinski definition) is 2. The summed E-state index contributed by atoms with van der Waals surface area (Å²) in [5.74, 6) is 0. The number of rotatable bonds is 6. The van der Waals surface area contributed by atoms with Crippen molar-refractivity contribution in [1.82, 2.24) is 5.32 Å². The van der Waals surface area contributed by atoms with E-state index in [1.54, 1.807) is 0 Å². The smallest absolute Gasteiger partial charge is 0.170 e. The van der Waals surface area contributed by atoms with Crippen LogP contribution in [-0.2, 0) is 4.74 Å². The first-order valence-electron chi connectivity index (χ1n) is 7.66. The average molecular weight is 327 g/mol. The minimum Gasteiger partial charge on any atom is -0.378 e. The topological polar surface area (TPSA) is 33.3 Å². The van der Waals surface area contributed by atoms with Gasteiger partial charge in [-0.15, -0.1) is 0 Å². The van der Waals surface area contributed by atoms with Crippen LogP contribution >= 0.6 is 23.8 Å². The Labute approximate surface area is 137 Å².